The smallest absolute Gasteiger partial charge is 0.410 e. The summed E-state index contributed by atoms with van der Waals surface area (Å²) >= 11 is 6.52. The summed E-state index contributed by atoms with van der Waals surface area (Å²) in [5, 5.41) is 15.4. The number of amides is 1. The lowest BCUT2D eigenvalue weighted by atomic mass is 10.1. The van der Waals surface area contributed by atoms with Gasteiger partial charge in [-0.15, -0.1) is 5.10 Å². The quantitative estimate of drug-likeness (QED) is 0.440. The third-order valence-corrected chi connectivity index (χ3v) is 7.11. The van der Waals surface area contributed by atoms with Crippen LogP contribution in [0.3, 0.4) is 0 Å². The molecule has 4 heterocycles. The predicted octanol–water partition coefficient (Wildman–Crippen LogP) is 4.77. The van der Waals surface area contributed by atoms with E-state index in [4.69, 9.17) is 21.3 Å². The van der Waals surface area contributed by atoms with Crippen LogP contribution in [0.15, 0.2) is 18.5 Å². The second-order valence-electron chi connectivity index (χ2n) is 11.2. The van der Waals surface area contributed by atoms with Gasteiger partial charge < -0.3 is 25.2 Å². The van der Waals surface area contributed by atoms with Crippen LogP contribution in [0.5, 0.6) is 0 Å². The summed E-state index contributed by atoms with van der Waals surface area (Å²) in [6.45, 7) is 11.2. The van der Waals surface area contributed by atoms with Crippen molar-refractivity contribution in [1.29, 1.82) is 0 Å². The minimum atomic E-state index is -0.546. The van der Waals surface area contributed by atoms with E-state index in [0.29, 0.717) is 49.0 Å². The van der Waals surface area contributed by atoms with Gasteiger partial charge in [-0.3, -0.25) is 4.68 Å². The largest absolute Gasteiger partial charge is 0.444 e. The highest BCUT2D eigenvalue weighted by molar-refractivity contribution is 6.32. The number of rotatable bonds is 6. The summed E-state index contributed by atoms with van der Waals surface area (Å²) in [6, 6.07) is 1.91. The fourth-order valence-electron chi connectivity index (χ4n) is 4.60. The van der Waals surface area contributed by atoms with Gasteiger partial charge in [0, 0.05) is 32.7 Å². The summed E-state index contributed by atoms with van der Waals surface area (Å²) in [6.07, 6.45) is 5.52. The van der Waals surface area contributed by atoms with E-state index in [-0.39, 0.29) is 12.1 Å². The van der Waals surface area contributed by atoms with E-state index in [0.717, 1.165) is 34.8 Å². The molecule has 12 nitrogen and oxygen atoms in total. The first kappa shape index (κ1) is 26.9. The van der Waals surface area contributed by atoms with Crippen molar-refractivity contribution in [2.75, 3.05) is 35.2 Å². The number of carbonyl (C=O) groups is 1. The van der Waals surface area contributed by atoms with Gasteiger partial charge in [-0.05, 0) is 65.0 Å². The highest BCUT2D eigenvalue weighted by atomic mass is 35.5. The second kappa shape index (κ2) is 10.5. The van der Waals surface area contributed by atoms with Crippen molar-refractivity contribution in [1.82, 2.24) is 34.8 Å². The van der Waals surface area contributed by atoms with Crippen molar-refractivity contribution >= 4 is 46.8 Å². The van der Waals surface area contributed by atoms with Crippen LogP contribution < -0.4 is 15.5 Å². The van der Waals surface area contributed by atoms with Crippen LogP contribution in [0, 0.1) is 6.92 Å². The molecule has 3 aromatic rings. The first-order chi connectivity index (χ1) is 18.5. The molecule has 1 aliphatic heterocycles. The zero-order valence-electron chi connectivity index (χ0n) is 23.2. The zero-order valence-corrected chi connectivity index (χ0v) is 24.0. The van der Waals surface area contributed by atoms with Crippen LogP contribution in [0.25, 0.3) is 0 Å². The third kappa shape index (κ3) is 6.32. The Morgan fingerprint density at radius 2 is 1.92 bits per heavy atom. The predicted molar refractivity (Wildman–Crippen MR) is 150 cm³/mol. The van der Waals surface area contributed by atoms with Gasteiger partial charge in [-0.1, -0.05) is 16.8 Å². The monoisotopic (exact) mass is 554 g/mol. The first-order valence-electron chi connectivity index (χ1n) is 13.2. The van der Waals surface area contributed by atoms with Crippen LogP contribution in [-0.4, -0.2) is 72.2 Å². The standard InChI is InChI=1S/C26H35ClN10O2/c1-15-13-36(9-10-37(15)25(38)39-26(3,4)5)19-12-28-24(32-23(19)30-21-14-35(6)34-33-21)31-20-11-18(17-7-8-17)22(27)16(2)29-20/h11-12,14-15,17H,7-10,13H2,1-6H3,(H2,28,29,30,31,32)/t15-/m1/s1. The topological polar surface area (TPSA) is 126 Å². The van der Waals surface area contributed by atoms with Crippen LogP contribution in [0.1, 0.15) is 57.7 Å². The molecule has 0 bridgehead atoms. The van der Waals surface area contributed by atoms with Gasteiger partial charge >= 0.3 is 6.09 Å². The molecule has 1 atom stereocenters. The summed E-state index contributed by atoms with van der Waals surface area (Å²) in [7, 11) is 1.80. The molecule has 0 unspecified atom stereocenters. The number of anilines is 5. The number of piperazine rings is 1. The van der Waals surface area contributed by atoms with Crippen molar-refractivity contribution in [3.05, 3.63) is 34.7 Å². The maximum atomic E-state index is 12.7. The van der Waals surface area contributed by atoms with Crippen molar-refractivity contribution in [2.24, 2.45) is 7.05 Å². The molecule has 2 aliphatic rings. The molecule has 2 fully saturated rings. The lowest BCUT2D eigenvalue weighted by Gasteiger charge is -2.41. The van der Waals surface area contributed by atoms with Gasteiger partial charge in [0.1, 0.15) is 11.4 Å². The maximum absolute atomic E-state index is 12.7. The van der Waals surface area contributed by atoms with Gasteiger partial charge in [0.05, 0.1) is 28.8 Å². The molecule has 1 saturated carbocycles. The molecule has 5 rings (SSSR count). The van der Waals surface area contributed by atoms with Crippen molar-refractivity contribution in [2.45, 2.75) is 65.0 Å². The number of pyridine rings is 1. The lowest BCUT2D eigenvalue weighted by Crippen LogP contribution is -2.55. The number of nitrogens with one attached hydrogen (secondary N) is 2. The van der Waals surface area contributed by atoms with Crippen molar-refractivity contribution in [3.8, 4) is 0 Å². The summed E-state index contributed by atoms with van der Waals surface area (Å²) in [4.78, 5) is 30.6. The average molecular weight is 555 g/mol. The van der Waals surface area contributed by atoms with Gasteiger partial charge in [-0.25, -0.2) is 14.8 Å². The maximum Gasteiger partial charge on any atom is 0.410 e. The number of ether oxygens (including phenoxy) is 1. The number of aromatic nitrogens is 6. The molecular formula is C26H35ClN10O2. The van der Waals surface area contributed by atoms with Gasteiger partial charge in [0.25, 0.3) is 0 Å². The molecule has 2 N–H and O–H groups in total. The van der Waals surface area contributed by atoms with Crippen LogP contribution in [-0.2, 0) is 11.8 Å². The Morgan fingerprint density at radius 3 is 2.56 bits per heavy atom. The normalized spacial score (nSPS) is 17.8. The van der Waals surface area contributed by atoms with E-state index in [2.05, 4.69) is 35.8 Å². The first-order valence-corrected chi connectivity index (χ1v) is 13.5. The molecule has 13 heteroatoms. The van der Waals surface area contributed by atoms with E-state index in [1.165, 1.54) is 0 Å². The Kier molecular flexibility index (Phi) is 7.23. The molecule has 3 aromatic heterocycles. The zero-order chi connectivity index (χ0) is 27.9. The summed E-state index contributed by atoms with van der Waals surface area (Å²) < 4.78 is 7.21. The minimum absolute atomic E-state index is 0.0714. The molecule has 1 aliphatic carbocycles. The van der Waals surface area contributed by atoms with Gasteiger partial charge in [0.15, 0.2) is 11.6 Å². The highest BCUT2D eigenvalue weighted by Gasteiger charge is 2.32. The third-order valence-electron chi connectivity index (χ3n) is 6.62. The van der Waals surface area contributed by atoms with E-state index in [1.807, 2.05) is 40.7 Å². The van der Waals surface area contributed by atoms with E-state index < -0.39 is 5.60 Å². The molecule has 1 amide bonds. The Bertz CT molecular complexity index is 1370. The fraction of sp³-hybridized carbons (Fsp3) is 0.538. The Balaban J connectivity index is 1.39. The summed E-state index contributed by atoms with van der Waals surface area (Å²) in [5.41, 5.74) is 2.13. The molecular weight excluding hydrogens is 520 g/mol. The average Bonchev–Trinajstić information content (AvgIpc) is 3.61. The van der Waals surface area contributed by atoms with Gasteiger partial charge in [-0.2, -0.15) is 4.98 Å². The van der Waals surface area contributed by atoms with Crippen LogP contribution in [0.4, 0.5) is 33.9 Å². The Labute approximate surface area is 233 Å². The number of carbonyl (C=O) groups excluding carboxylic acids is 1. The fourth-order valence-corrected chi connectivity index (χ4v) is 4.86. The van der Waals surface area contributed by atoms with Crippen LogP contribution >= 0.6 is 11.6 Å². The van der Waals surface area contributed by atoms with E-state index >= 15 is 0 Å². The molecule has 0 radical (unpaired) electrons. The second-order valence-corrected chi connectivity index (χ2v) is 11.6. The minimum Gasteiger partial charge on any atom is -0.444 e. The van der Waals surface area contributed by atoms with Crippen molar-refractivity contribution < 1.29 is 9.53 Å². The number of hydrogen-bond donors (Lipinski definition) is 2. The summed E-state index contributed by atoms with van der Waals surface area (Å²) in [5.74, 6) is 2.65. The number of nitrogens with zero attached hydrogens (tertiary/aromatic N) is 8. The number of hydrogen-bond acceptors (Lipinski definition) is 10. The van der Waals surface area contributed by atoms with Crippen molar-refractivity contribution in [3.63, 3.8) is 0 Å². The Hall–Kier alpha value is -3.67. The number of halogens is 1. The van der Waals surface area contributed by atoms with Crippen LogP contribution in [0.2, 0.25) is 5.02 Å². The van der Waals surface area contributed by atoms with Gasteiger partial charge in [0.2, 0.25) is 5.95 Å². The Morgan fingerprint density at radius 1 is 1.15 bits per heavy atom. The van der Waals surface area contributed by atoms with E-state index in [1.54, 1.807) is 29.0 Å². The highest BCUT2D eigenvalue weighted by Crippen LogP contribution is 2.44. The molecule has 1 saturated heterocycles. The lowest BCUT2D eigenvalue weighted by molar-refractivity contribution is 0.0159. The number of aryl methyl sites for hydroxylation is 2. The molecule has 39 heavy (non-hydrogen) atoms. The van der Waals surface area contributed by atoms with E-state index in [9.17, 15) is 4.79 Å². The molecule has 208 valence electrons. The molecule has 0 spiro atoms. The SMILES string of the molecule is Cc1nc(Nc2ncc(N3CCN(C(=O)OC(C)(C)C)[C@H](C)C3)c(Nc3cn(C)nn3)n2)cc(C2CC2)c1Cl. The molecule has 0 aromatic carbocycles.